The minimum atomic E-state index is -2.57. The molecule has 0 spiro atoms. The number of amides is 1. The molecular weight excluding hydrogens is 320 g/mol. The second-order valence-corrected chi connectivity index (χ2v) is 6.07. The van der Waals surface area contributed by atoms with Gasteiger partial charge in [0.2, 0.25) is 5.91 Å². The summed E-state index contributed by atoms with van der Waals surface area (Å²) in [6.45, 7) is 1.02. The summed E-state index contributed by atoms with van der Waals surface area (Å²) in [7, 11) is 0. The maximum atomic E-state index is 12.3. The van der Waals surface area contributed by atoms with Crippen molar-refractivity contribution in [2.24, 2.45) is 11.8 Å². The molecule has 0 aromatic heterocycles. The molecule has 7 heteroatoms. The minimum Gasteiger partial charge on any atom is -0.487 e. The molecule has 2 N–H and O–H groups in total. The number of ether oxygens (including phenoxy) is 1. The predicted octanol–water partition coefficient (Wildman–Crippen LogP) is 3.47. The van der Waals surface area contributed by atoms with Crippen molar-refractivity contribution >= 4 is 17.6 Å². The molecule has 1 fully saturated rings. The number of halogens is 2. The smallest absolute Gasteiger partial charge is 0.306 e. The van der Waals surface area contributed by atoms with E-state index in [-0.39, 0.29) is 11.8 Å². The Morgan fingerprint density at radius 1 is 1.33 bits per heavy atom. The zero-order chi connectivity index (χ0) is 17.7. The van der Waals surface area contributed by atoms with E-state index < -0.39 is 24.9 Å². The third kappa shape index (κ3) is 4.91. The highest BCUT2D eigenvalue weighted by Crippen LogP contribution is 2.31. The Hall–Kier alpha value is -2.18. The molecule has 1 saturated carbocycles. The van der Waals surface area contributed by atoms with E-state index in [1.165, 1.54) is 6.07 Å². The molecule has 1 aliphatic carbocycles. The monoisotopic (exact) mass is 341 g/mol. The van der Waals surface area contributed by atoms with Crippen molar-refractivity contribution in [2.45, 2.75) is 39.0 Å². The van der Waals surface area contributed by atoms with Crippen molar-refractivity contribution in [3.05, 3.63) is 23.8 Å². The van der Waals surface area contributed by atoms with Crippen molar-refractivity contribution in [1.29, 1.82) is 0 Å². The molecule has 0 heterocycles. The first-order valence-electron chi connectivity index (χ1n) is 7.92. The van der Waals surface area contributed by atoms with Crippen LogP contribution in [0.15, 0.2) is 18.2 Å². The van der Waals surface area contributed by atoms with Crippen LogP contribution in [0.25, 0.3) is 0 Å². The van der Waals surface area contributed by atoms with Gasteiger partial charge in [0, 0.05) is 17.7 Å². The van der Waals surface area contributed by atoms with Crippen LogP contribution in [0.4, 0.5) is 14.5 Å². The van der Waals surface area contributed by atoms with E-state index in [2.05, 4.69) is 5.32 Å². The highest BCUT2D eigenvalue weighted by Gasteiger charge is 2.31. The van der Waals surface area contributed by atoms with Crippen LogP contribution in [0, 0.1) is 18.8 Å². The highest BCUT2D eigenvalue weighted by molar-refractivity contribution is 5.93. The number of carboxylic acids is 1. The van der Waals surface area contributed by atoms with Crippen LogP contribution in [0.3, 0.4) is 0 Å². The number of carbonyl (C=O) groups is 2. The number of carbonyl (C=O) groups excluding carboxylic acids is 1. The third-order valence-corrected chi connectivity index (χ3v) is 4.21. The van der Waals surface area contributed by atoms with Gasteiger partial charge < -0.3 is 15.2 Å². The minimum absolute atomic E-state index is 0.246. The Balaban J connectivity index is 2.00. The first-order valence-corrected chi connectivity index (χ1v) is 7.92. The Morgan fingerprint density at radius 3 is 2.71 bits per heavy atom. The van der Waals surface area contributed by atoms with Crippen LogP contribution >= 0.6 is 0 Å². The van der Waals surface area contributed by atoms with Crippen LogP contribution in [-0.4, -0.2) is 30.0 Å². The van der Waals surface area contributed by atoms with Crippen molar-refractivity contribution in [1.82, 2.24) is 0 Å². The molecule has 0 aliphatic heterocycles. The van der Waals surface area contributed by atoms with Gasteiger partial charge in [-0.05, 0) is 37.8 Å². The van der Waals surface area contributed by atoms with Crippen molar-refractivity contribution in [2.75, 3.05) is 11.9 Å². The SMILES string of the molecule is Cc1ccc(NC(=O)C2CCCC(C(=O)O)C2)cc1OCC(F)F. The first-order chi connectivity index (χ1) is 11.4. The van der Waals surface area contributed by atoms with E-state index in [9.17, 15) is 18.4 Å². The van der Waals surface area contributed by atoms with Gasteiger partial charge in [0.05, 0.1) is 5.92 Å². The van der Waals surface area contributed by atoms with Crippen molar-refractivity contribution in [3.63, 3.8) is 0 Å². The molecule has 1 amide bonds. The summed E-state index contributed by atoms with van der Waals surface area (Å²) in [6.07, 6.45) is -0.309. The van der Waals surface area contributed by atoms with Gasteiger partial charge in [0.1, 0.15) is 12.4 Å². The Labute approximate surface area is 139 Å². The number of aliphatic carboxylic acids is 1. The summed E-state index contributed by atoms with van der Waals surface area (Å²) >= 11 is 0. The largest absolute Gasteiger partial charge is 0.487 e. The maximum absolute atomic E-state index is 12.3. The predicted molar refractivity (Wildman–Crippen MR) is 84.4 cm³/mol. The summed E-state index contributed by atoms with van der Waals surface area (Å²) in [6, 6.07) is 4.85. The molecule has 5 nitrogen and oxygen atoms in total. The fraction of sp³-hybridized carbons (Fsp3) is 0.529. The average Bonchev–Trinajstić information content (AvgIpc) is 2.55. The van der Waals surface area contributed by atoms with Gasteiger partial charge in [0.25, 0.3) is 6.43 Å². The molecule has 132 valence electrons. The zero-order valence-electron chi connectivity index (χ0n) is 13.4. The summed E-state index contributed by atoms with van der Waals surface area (Å²) in [4.78, 5) is 23.4. The first kappa shape index (κ1) is 18.2. The fourth-order valence-electron chi connectivity index (χ4n) is 2.88. The maximum Gasteiger partial charge on any atom is 0.306 e. The third-order valence-electron chi connectivity index (χ3n) is 4.21. The van der Waals surface area contributed by atoms with Crippen LogP contribution < -0.4 is 10.1 Å². The average molecular weight is 341 g/mol. The van der Waals surface area contributed by atoms with Gasteiger partial charge in [-0.15, -0.1) is 0 Å². The number of hydrogen-bond donors (Lipinski definition) is 2. The molecule has 1 aromatic rings. The molecule has 24 heavy (non-hydrogen) atoms. The molecule has 2 unspecified atom stereocenters. The lowest BCUT2D eigenvalue weighted by molar-refractivity contribution is -0.143. The van der Waals surface area contributed by atoms with E-state index in [1.54, 1.807) is 19.1 Å². The number of nitrogens with one attached hydrogen (secondary N) is 1. The standard InChI is InChI=1S/C17H21F2NO4/c1-10-5-6-13(8-14(10)24-9-15(18)19)20-16(21)11-3-2-4-12(7-11)17(22)23/h5-6,8,11-12,15H,2-4,7,9H2,1H3,(H,20,21)(H,22,23). The van der Waals surface area contributed by atoms with Gasteiger partial charge in [-0.3, -0.25) is 9.59 Å². The molecule has 0 radical (unpaired) electrons. The van der Waals surface area contributed by atoms with E-state index in [0.29, 0.717) is 42.7 Å². The van der Waals surface area contributed by atoms with Gasteiger partial charge >= 0.3 is 5.97 Å². The Kier molecular flexibility index (Phi) is 6.11. The topological polar surface area (TPSA) is 75.6 Å². The molecule has 1 aromatic carbocycles. The van der Waals surface area contributed by atoms with Gasteiger partial charge in [-0.1, -0.05) is 12.5 Å². The number of benzene rings is 1. The number of anilines is 1. The number of hydrogen-bond acceptors (Lipinski definition) is 3. The lowest BCUT2D eigenvalue weighted by atomic mass is 9.81. The van der Waals surface area contributed by atoms with E-state index in [4.69, 9.17) is 9.84 Å². The number of alkyl halides is 2. The number of carboxylic acid groups (broad SMARTS) is 1. The lowest BCUT2D eigenvalue weighted by Gasteiger charge is -2.25. The fourth-order valence-corrected chi connectivity index (χ4v) is 2.88. The number of rotatable bonds is 6. The quantitative estimate of drug-likeness (QED) is 0.831. The van der Waals surface area contributed by atoms with Gasteiger partial charge in [-0.25, -0.2) is 8.78 Å². The lowest BCUT2D eigenvalue weighted by Crippen LogP contribution is -2.30. The van der Waals surface area contributed by atoms with Gasteiger partial charge in [0.15, 0.2) is 0 Å². The summed E-state index contributed by atoms with van der Waals surface area (Å²) in [5, 5.41) is 11.8. The Morgan fingerprint density at radius 2 is 2.04 bits per heavy atom. The van der Waals surface area contributed by atoms with E-state index in [0.717, 1.165) is 0 Å². The van der Waals surface area contributed by atoms with Crippen LogP contribution in [0.2, 0.25) is 0 Å². The molecule has 2 rings (SSSR count). The highest BCUT2D eigenvalue weighted by atomic mass is 19.3. The van der Waals surface area contributed by atoms with Gasteiger partial charge in [-0.2, -0.15) is 0 Å². The van der Waals surface area contributed by atoms with Crippen LogP contribution in [-0.2, 0) is 9.59 Å². The summed E-state index contributed by atoms with van der Waals surface area (Å²) in [5.74, 6) is -1.67. The van der Waals surface area contributed by atoms with E-state index >= 15 is 0 Å². The molecule has 1 aliphatic rings. The second kappa shape index (κ2) is 8.08. The molecule has 2 atom stereocenters. The molecule has 0 bridgehead atoms. The van der Waals surface area contributed by atoms with Crippen LogP contribution in [0.5, 0.6) is 5.75 Å². The summed E-state index contributed by atoms with van der Waals surface area (Å²) in [5.41, 5.74) is 1.14. The van der Waals surface area contributed by atoms with Crippen molar-refractivity contribution in [3.8, 4) is 5.75 Å². The molecule has 0 saturated heterocycles. The van der Waals surface area contributed by atoms with Crippen LogP contribution in [0.1, 0.15) is 31.2 Å². The van der Waals surface area contributed by atoms with E-state index in [1.807, 2.05) is 0 Å². The zero-order valence-corrected chi connectivity index (χ0v) is 13.4. The normalized spacial score (nSPS) is 20.7. The van der Waals surface area contributed by atoms with Crippen molar-refractivity contribution < 1.29 is 28.2 Å². The number of aryl methyl sites for hydroxylation is 1. The Bertz CT molecular complexity index is 606. The molecular formula is C17H21F2NO4. The summed E-state index contributed by atoms with van der Waals surface area (Å²) < 4.78 is 29.6. The second-order valence-electron chi connectivity index (χ2n) is 6.07.